The minimum atomic E-state index is -3.86. The van der Waals surface area contributed by atoms with E-state index in [9.17, 15) is 17.6 Å². The molecule has 0 aliphatic carbocycles. The minimum absolute atomic E-state index is 0.0558. The molecule has 0 saturated heterocycles. The molecule has 26 heavy (non-hydrogen) atoms. The molecule has 0 heterocycles. The molecule has 0 fully saturated rings. The van der Waals surface area contributed by atoms with Gasteiger partial charge >= 0.3 is 0 Å². The van der Waals surface area contributed by atoms with Crippen molar-refractivity contribution in [3.05, 3.63) is 65.5 Å². The molecule has 1 amide bonds. The Morgan fingerprint density at radius 3 is 2.23 bits per heavy atom. The largest absolute Gasteiger partial charge is 0.348 e. The lowest BCUT2D eigenvalue weighted by Crippen LogP contribution is -2.39. The Kier molecular flexibility index (Phi) is 6.50. The number of nitrogens with zero attached hydrogens (tertiary/aromatic N) is 1. The van der Waals surface area contributed by atoms with E-state index in [0.717, 1.165) is 27.6 Å². The van der Waals surface area contributed by atoms with Crippen LogP contribution in [0.2, 0.25) is 0 Å². The number of hydrogen-bond acceptors (Lipinski definition) is 3. The molecule has 1 unspecified atom stereocenters. The number of nitrogens with one attached hydrogen (secondary N) is 1. The monoisotopic (exact) mass is 378 g/mol. The minimum Gasteiger partial charge on any atom is -0.348 e. The maximum Gasteiger partial charge on any atom is 0.243 e. The molecule has 0 saturated carbocycles. The number of carbonyl (C=O) groups excluding carboxylic acids is 1. The van der Waals surface area contributed by atoms with Crippen molar-refractivity contribution >= 4 is 15.9 Å². The maximum absolute atomic E-state index is 13.0. The van der Waals surface area contributed by atoms with Crippen LogP contribution in [0, 0.1) is 12.7 Å². The van der Waals surface area contributed by atoms with Gasteiger partial charge in [-0.3, -0.25) is 4.79 Å². The molecule has 0 bridgehead atoms. The Hall–Kier alpha value is -2.25. The number of carbonyl (C=O) groups is 1. The molecule has 0 aliphatic heterocycles. The number of rotatable bonds is 7. The Balaban J connectivity index is 2.05. The number of aryl methyl sites for hydroxylation is 1. The van der Waals surface area contributed by atoms with Crippen molar-refractivity contribution < 1.29 is 17.6 Å². The van der Waals surface area contributed by atoms with E-state index in [0.29, 0.717) is 6.42 Å². The third-order valence-electron chi connectivity index (χ3n) is 4.11. The van der Waals surface area contributed by atoms with Gasteiger partial charge in [-0.25, -0.2) is 12.8 Å². The van der Waals surface area contributed by atoms with Gasteiger partial charge in [0.05, 0.1) is 17.5 Å². The number of sulfonamides is 1. The second-order valence-corrected chi connectivity index (χ2v) is 8.20. The molecule has 5 nitrogen and oxygen atoms in total. The summed E-state index contributed by atoms with van der Waals surface area (Å²) in [5.41, 5.74) is 2.09. The van der Waals surface area contributed by atoms with Crippen molar-refractivity contribution in [2.24, 2.45) is 0 Å². The van der Waals surface area contributed by atoms with Gasteiger partial charge in [0.2, 0.25) is 15.9 Å². The molecule has 1 N–H and O–H groups in total. The van der Waals surface area contributed by atoms with Gasteiger partial charge in [0.1, 0.15) is 5.82 Å². The van der Waals surface area contributed by atoms with Crippen molar-refractivity contribution in [1.29, 1.82) is 0 Å². The lowest BCUT2D eigenvalue weighted by molar-refractivity contribution is -0.121. The van der Waals surface area contributed by atoms with Crippen molar-refractivity contribution in [2.45, 2.75) is 31.2 Å². The number of hydrogen-bond donors (Lipinski definition) is 1. The van der Waals surface area contributed by atoms with Crippen molar-refractivity contribution in [3.63, 3.8) is 0 Å². The van der Waals surface area contributed by atoms with Gasteiger partial charge in [-0.05, 0) is 43.2 Å². The van der Waals surface area contributed by atoms with Gasteiger partial charge < -0.3 is 5.32 Å². The quantitative estimate of drug-likeness (QED) is 0.805. The smallest absolute Gasteiger partial charge is 0.243 e. The highest BCUT2D eigenvalue weighted by Crippen LogP contribution is 2.18. The summed E-state index contributed by atoms with van der Waals surface area (Å²) in [4.78, 5) is 12.3. The van der Waals surface area contributed by atoms with Gasteiger partial charge in [0, 0.05) is 7.05 Å². The van der Waals surface area contributed by atoms with E-state index in [1.54, 1.807) is 0 Å². The lowest BCUT2D eigenvalue weighted by atomic mass is 10.0. The van der Waals surface area contributed by atoms with Crippen molar-refractivity contribution in [3.8, 4) is 0 Å². The summed E-state index contributed by atoms with van der Waals surface area (Å²) in [6.07, 6.45) is 0.684. The van der Waals surface area contributed by atoms with E-state index in [1.807, 2.05) is 38.1 Å². The molecule has 1 atom stereocenters. The Labute approximate surface area is 153 Å². The van der Waals surface area contributed by atoms with Crippen LogP contribution >= 0.6 is 0 Å². The first-order chi connectivity index (χ1) is 12.2. The Morgan fingerprint density at radius 1 is 1.12 bits per heavy atom. The lowest BCUT2D eigenvalue weighted by Gasteiger charge is -2.21. The molecular formula is C19H23FN2O3S. The molecule has 2 rings (SSSR count). The summed E-state index contributed by atoms with van der Waals surface area (Å²) in [5.74, 6) is -0.918. The van der Waals surface area contributed by atoms with Crippen LogP contribution in [0.4, 0.5) is 4.39 Å². The third kappa shape index (κ3) is 4.89. The fraction of sp³-hybridized carbons (Fsp3) is 0.316. The number of halogens is 1. The standard InChI is InChI=1S/C19H23FN2O3S/c1-4-18(15-7-5-14(2)6-8-15)21-19(23)13-22(3)26(24,25)17-11-9-16(20)10-12-17/h5-12,18H,4,13H2,1-3H3,(H,21,23). The van der Waals surface area contributed by atoms with Crippen LogP contribution in [0.15, 0.2) is 53.4 Å². The average molecular weight is 378 g/mol. The highest BCUT2D eigenvalue weighted by molar-refractivity contribution is 7.89. The van der Waals surface area contributed by atoms with E-state index < -0.39 is 21.7 Å². The number of benzene rings is 2. The maximum atomic E-state index is 13.0. The first-order valence-corrected chi connectivity index (χ1v) is 9.76. The van der Waals surface area contributed by atoms with Crippen molar-refractivity contribution in [1.82, 2.24) is 9.62 Å². The van der Waals surface area contributed by atoms with Gasteiger partial charge in [0.25, 0.3) is 0 Å². The molecule has 0 radical (unpaired) electrons. The highest BCUT2D eigenvalue weighted by atomic mass is 32.2. The first kappa shape index (κ1) is 20.1. The van der Waals surface area contributed by atoms with Crippen LogP contribution in [-0.2, 0) is 14.8 Å². The summed E-state index contributed by atoms with van der Waals surface area (Å²) < 4.78 is 38.9. The van der Waals surface area contributed by atoms with Crippen LogP contribution in [0.1, 0.15) is 30.5 Å². The van der Waals surface area contributed by atoms with Crippen LogP contribution in [0.3, 0.4) is 0 Å². The molecule has 7 heteroatoms. The Morgan fingerprint density at radius 2 is 1.69 bits per heavy atom. The molecule has 2 aromatic carbocycles. The van der Waals surface area contributed by atoms with E-state index in [4.69, 9.17) is 0 Å². The van der Waals surface area contributed by atoms with E-state index >= 15 is 0 Å². The number of likely N-dealkylation sites (N-methyl/N-ethyl adjacent to an activating group) is 1. The van der Waals surface area contributed by atoms with Crippen LogP contribution < -0.4 is 5.32 Å². The first-order valence-electron chi connectivity index (χ1n) is 8.32. The predicted octanol–water partition coefficient (Wildman–Crippen LogP) is 3.02. The molecule has 2 aromatic rings. The Bertz CT molecular complexity index is 849. The normalized spacial score (nSPS) is 12.8. The zero-order valence-corrected chi connectivity index (χ0v) is 15.9. The van der Waals surface area contributed by atoms with Gasteiger partial charge in [-0.2, -0.15) is 4.31 Å². The molecule has 0 aromatic heterocycles. The van der Waals surface area contributed by atoms with Crippen LogP contribution in [-0.4, -0.2) is 32.2 Å². The summed E-state index contributed by atoms with van der Waals surface area (Å²) in [5, 5.41) is 2.86. The SMILES string of the molecule is CCC(NC(=O)CN(C)S(=O)(=O)c1ccc(F)cc1)c1ccc(C)cc1. The van der Waals surface area contributed by atoms with E-state index in [1.165, 1.54) is 19.2 Å². The molecule has 0 spiro atoms. The second kappa shape index (κ2) is 8.42. The summed E-state index contributed by atoms with van der Waals surface area (Å²) in [7, 11) is -2.53. The molecular weight excluding hydrogens is 355 g/mol. The zero-order chi connectivity index (χ0) is 19.3. The fourth-order valence-corrected chi connectivity index (χ4v) is 3.66. The van der Waals surface area contributed by atoms with Crippen molar-refractivity contribution in [2.75, 3.05) is 13.6 Å². The number of amides is 1. The van der Waals surface area contributed by atoms with Crippen LogP contribution in [0.5, 0.6) is 0 Å². The fourth-order valence-electron chi connectivity index (χ4n) is 2.53. The van der Waals surface area contributed by atoms with E-state index in [2.05, 4.69) is 5.32 Å². The van der Waals surface area contributed by atoms with Crippen LogP contribution in [0.25, 0.3) is 0 Å². The summed E-state index contributed by atoms with van der Waals surface area (Å²) in [6, 6.07) is 12.2. The summed E-state index contributed by atoms with van der Waals surface area (Å²) in [6.45, 7) is 3.62. The van der Waals surface area contributed by atoms with E-state index in [-0.39, 0.29) is 17.5 Å². The molecule has 0 aliphatic rings. The molecule has 140 valence electrons. The van der Waals surface area contributed by atoms with Gasteiger partial charge in [-0.15, -0.1) is 0 Å². The zero-order valence-electron chi connectivity index (χ0n) is 15.1. The average Bonchev–Trinajstić information content (AvgIpc) is 2.60. The second-order valence-electron chi connectivity index (χ2n) is 6.15. The third-order valence-corrected chi connectivity index (χ3v) is 5.93. The highest BCUT2D eigenvalue weighted by Gasteiger charge is 2.24. The summed E-state index contributed by atoms with van der Waals surface area (Å²) >= 11 is 0. The van der Waals surface area contributed by atoms with Gasteiger partial charge in [-0.1, -0.05) is 36.8 Å². The van der Waals surface area contributed by atoms with Gasteiger partial charge in [0.15, 0.2) is 0 Å². The predicted molar refractivity (Wildman–Crippen MR) is 98.6 cm³/mol. The topological polar surface area (TPSA) is 66.5 Å².